The molecule has 92 valence electrons. The minimum atomic E-state index is 1.04. The molecule has 2 aliphatic carbocycles. The molecule has 0 aromatic heterocycles. The van der Waals surface area contributed by atoms with Crippen molar-refractivity contribution in [3.05, 3.63) is 89.4 Å². The summed E-state index contributed by atoms with van der Waals surface area (Å²) < 4.78 is 0. The summed E-state index contributed by atoms with van der Waals surface area (Å²) in [5.74, 6) is 1.41. The van der Waals surface area contributed by atoms with Crippen LogP contribution in [0.25, 0.3) is 21.9 Å². The number of hydrogen-bond acceptors (Lipinski definition) is 0. The summed E-state index contributed by atoms with van der Waals surface area (Å²) in [6.07, 6.45) is 5.64. The first kappa shape index (κ1) is 10.3. The molecule has 0 aliphatic heterocycles. The standard InChI is InChI=1S/C20H13/c1-2-7-14-13(6-1)12-19-16-9-4-3-8-15(16)18-11-5-10-17(14)20(18)19/h1-9,11-12H,10H2/q+1. The van der Waals surface area contributed by atoms with Crippen LogP contribution in [0.4, 0.5) is 0 Å². The van der Waals surface area contributed by atoms with Gasteiger partial charge in [-0.25, -0.2) is 0 Å². The highest BCUT2D eigenvalue weighted by molar-refractivity contribution is 5.99. The van der Waals surface area contributed by atoms with Crippen LogP contribution >= 0.6 is 0 Å². The quantitative estimate of drug-likeness (QED) is 0.500. The van der Waals surface area contributed by atoms with Gasteiger partial charge in [-0.3, -0.25) is 0 Å². The average Bonchev–Trinajstić information content (AvgIpc) is 2.84. The third-order valence-electron chi connectivity index (χ3n) is 4.54. The van der Waals surface area contributed by atoms with Crippen molar-refractivity contribution in [1.82, 2.24) is 0 Å². The highest BCUT2D eigenvalue weighted by atomic mass is 14.3. The van der Waals surface area contributed by atoms with Crippen molar-refractivity contribution in [3.63, 3.8) is 0 Å². The number of hydrogen-bond donors (Lipinski definition) is 0. The molecule has 2 aliphatic rings. The summed E-state index contributed by atoms with van der Waals surface area (Å²) >= 11 is 0. The maximum atomic E-state index is 2.36. The summed E-state index contributed by atoms with van der Waals surface area (Å²) in [5, 5.41) is 2.76. The Bertz CT molecular complexity index is 884. The molecule has 0 N–H and O–H groups in total. The van der Waals surface area contributed by atoms with Gasteiger partial charge in [-0.05, 0) is 53.9 Å². The maximum Gasteiger partial charge on any atom is 0.0836 e. The highest BCUT2D eigenvalue weighted by Crippen LogP contribution is 2.50. The summed E-state index contributed by atoms with van der Waals surface area (Å²) in [6.45, 7) is 0. The smallest absolute Gasteiger partial charge is 0.0616 e. The van der Waals surface area contributed by atoms with Gasteiger partial charge in [0.05, 0.1) is 28.2 Å². The summed E-state index contributed by atoms with van der Waals surface area (Å²) in [6, 6.07) is 19.9. The number of fused-ring (bicyclic) bond motifs is 5. The Morgan fingerprint density at radius 2 is 1.70 bits per heavy atom. The Kier molecular flexibility index (Phi) is 1.83. The third-order valence-corrected chi connectivity index (χ3v) is 4.54. The van der Waals surface area contributed by atoms with Crippen molar-refractivity contribution in [3.8, 4) is 11.1 Å². The Labute approximate surface area is 118 Å². The minimum Gasteiger partial charge on any atom is -0.0616 e. The molecule has 0 heterocycles. The van der Waals surface area contributed by atoms with Crippen LogP contribution in [0.5, 0.6) is 0 Å². The number of allylic oxidation sites excluding steroid dienone is 2. The molecular formula is C20H13+. The van der Waals surface area contributed by atoms with Gasteiger partial charge in [0.15, 0.2) is 0 Å². The van der Waals surface area contributed by atoms with Gasteiger partial charge in [-0.15, -0.1) is 0 Å². The molecule has 0 amide bonds. The van der Waals surface area contributed by atoms with E-state index in [-0.39, 0.29) is 0 Å². The van der Waals surface area contributed by atoms with Gasteiger partial charge in [0.1, 0.15) is 0 Å². The van der Waals surface area contributed by atoms with Crippen molar-refractivity contribution in [2.75, 3.05) is 0 Å². The molecule has 0 atom stereocenters. The van der Waals surface area contributed by atoms with Crippen LogP contribution in [0.3, 0.4) is 0 Å². The Morgan fingerprint density at radius 1 is 0.850 bits per heavy atom. The first-order valence-electron chi connectivity index (χ1n) is 7.12. The second kappa shape index (κ2) is 3.55. The second-order valence-electron chi connectivity index (χ2n) is 5.56. The van der Waals surface area contributed by atoms with Crippen molar-refractivity contribution >= 4 is 10.8 Å². The van der Waals surface area contributed by atoms with Crippen molar-refractivity contribution < 1.29 is 0 Å². The lowest BCUT2D eigenvalue weighted by atomic mass is 9.84. The van der Waals surface area contributed by atoms with Gasteiger partial charge in [0, 0.05) is 17.4 Å². The third kappa shape index (κ3) is 1.14. The fourth-order valence-electron chi connectivity index (χ4n) is 3.71. The molecule has 0 saturated carbocycles. The normalized spacial score (nSPS) is 14.5. The maximum absolute atomic E-state index is 2.36. The first-order chi connectivity index (χ1) is 9.93. The lowest BCUT2D eigenvalue weighted by Crippen LogP contribution is -2.04. The predicted molar refractivity (Wildman–Crippen MR) is 83.7 cm³/mol. The van der Waals surface area contributed by atoms with Crippen molar-refractivity contribution in [2.45, 2.75) is 6.42 Å². The predicted octanol–water partition coefficient (Wildman–Crippen LogP) is 4.90. The van der Waals surface area contributed by atoms with Crippen molar-refractivity contribution in [1.29, 1.82) is 0 Å². The second-order valence-corrected chi connectivity index (χ2v) is 5.56. The van der Waals surface area contributed by atoms with Crippen LogP contribution in [0, 0.1) is 5.92 Å². The zero-order valence-electron chi connectivity index (χ0n) is 11.1. The van der Waals surface area contributed by atoms with E-state index >= 15 is 0 Å². The fourth-order valence-corrected chi connectivity index (χ4v) is 3.71. The molecule has 0 unspecified atom stereocenters. The lowest BCUT2D eigenvalue weighted by molar-refractivity contribution is 1.17. The van der Waals surface area contributed by atoms with E-state index in [2.05, 4.69) is 66.7 Å². The molecule has 0 spiro atoms. The fraction of sp³-hybridized carbons (Fsp3) is 0.0500. The Morgan fingerprint density at radius 3 is 2.70 bits per heavy atom. The molecule has 0 nitrogen and oxygen atoms in total. The molecule has 0 radical (unpaired) electrons. The molecule has 3 aromatic rings. The van der Waals surface area contributed by atoms with Gasteiger partial charge in [-0.1, -0.05) is 18.2 Å². The van der Waals surface area contributed by atoms with Gasteiger partial charge in [-0.2, -0.15) is 0 Å². The van der Waals surface area contributed by atoms with E-state index in [0.29, 0.717) is 0 Å². The number of benzene rings is 3. The SMILES string of the molecule is C1=C[C+]2c3ccccc3-c3cc4ccccc4c(c32)C1. The van der Waals surface area contributed by atoms with E-state index in [1.54, 1.807) is 0 Å². The zero-order valence-corrected chi connectivity index (χ0v) is 11.1. The Balaban J connectivity index is 1.99. The first-order valence-corrected chi connectivity index (χ1v) is 7.12. The van der Waals surface area contributed by atoms with Gasteiger partial charge >= 0.3 is 0 Å². The zero-order chi connectivity index (χ0) is 13.1. The van der Waals surface area contributed by atoms with Crippen LogP contribution < -0.4 is 0 Å². The molecule has 0 bridgehead atoms. The van der Waals surface area contributed by atoms with E-state index in [4.69, 9.17) is 0 Å². The van der Waals surface area contributed by atoms with E-state index in [1.807, 2.05) is 0 Å². The van der Waals surface area contributed by atoms with Gasteiger partial charge in [0.25, 0.3) is 0 Å². The topological polar surface area (TPSA) is 0 Å². The van der Waals surface area contributed by atoms with Crippen LogP contribution in [-0.4, -0.2) is 0 Å². The molecule has 5 rings (SSSR count). The van der Waals surface area contributed by atoms with E-state index in [1.165, 1.54) is 44.5 Å². The lowest BCUT2D eigenvalue weighted by Gasteiger charge is -2.13. The minimum absolute atomic E-state index is 1.04. The molecule has 0 saturated heterocycles. The van der Waals surface area contributed by atoms with Crippen LogP contribution in [-0.2, 0) is 6.42 Å². The summed E-state index contributed by atoms with van der Waals surface area (Å²) in [7, 11) is 0. The van der Waals surface area contributed by atoms with Crippen molar-refractivity contribution in [2.24, 2.45) is 0 Å². The van der Waals surface area contributed by atoms with Gasteiger partial charge in [0.2, 0.25) is 0 Å². The van der Waals surface area contributed by atoms with Crippen LogP contribution in [0.2, 0.25) is 0 Å². The summed E-state index contributed by atoms with van der Waals surface area (Å²) in [5.41, 5.74) is 7.14. The van der Waals surface area contributed by atoms with E-state index in [9.17, 15) is 0 Å². The van der Waals surface area contributed by atoms with Crippen LogP contribution in [0.1, 0.15) is 16.7 Å². The largest absolute Gasteiger partial charge is 0.0836 e. The summed E-state index contributed by atoms with van der Waals surface area (Å²) in [4.78, 5) is 0. The molecular weight excluding hydrogens is 240 g/mol. The molecule has 0 fully saturated rings. The van der Waals surface area contributed by atoms with E-state index < -0.39 is 0 Å². The average molecular weight is 253 g/mol. The van der Waals surface area contributed by atoms with Crippen LogP contribution in [0.15, 0.2) is 66.7 Å². The molecule has 3 aromatic carbocycles. The van der Waals surface area contributed by atoms with E-state index in [0.717, 1.165) is 6.42 Å². The molecule has 0 heteroatoms. The highest BCUT2D eigenvalue weighted by Gasteiger charge is 2.38. The number of rotatable bonds is 0. The Hall–Kier alpha value is -2.47. The van der Waals surface area contributed by atoms with Gasteiger partial charge < -0.3 is 0 Å². The monoisotopic (exact) mass is 253 g/mol. The molecule has 20 heavy (non-hydrogen) atoms.